The van der Waals surface area contributed by atoms with Crippen molar-refractivity contribution < 1.29 is 0 Å². The van der Waals surface area contributed by atoms with E-state index in [1.165, 1.54) is 103 Å². The highest BCUT2D eigenvalue weighted by atomic mass is 15.4. The van der Waals surface area contributed by atoms with Gasteiger partial charge in [-0.3, -0.25) is 42.5 Å². The van der Waals surface area contributed by atoms with Crippen LogP contribution < -0.4 is 42.5 Å². The molecule has 8 N–H and O–H groups in total. The lowest BCUT2D eigenvalue weighted by molar-refractivity contribution is 0.167. The number of nitrogens with one attached hydrogen (secondary N) is 8. The molecule has 4 saturated carbocycles. The Balaban J connectivity index is 1.05. The Morgan fingerprint density at radius 1 is 0.200 bits per heavy atom. The molecule has 0 radical (unpaired) electrons. The molecule has 0 spiro atoms. The molecule has 4 aliphatic carbocycles. The highest BCUT2D eigenvalue weighted by molar-refractivity contribution is 5.08. The van der Waals surface area contributed by atoms with Crippen LogP contribution >= 0.6 is 0 Å². The second kappa shape index (κ2) is 10.7. The zero-order valence-corrected chi connectivity index (χ0v) is 24.6. The third-order valence-electron chi connectivity index (χ3n) is 13.8. The summed E-state index contributed by atoms with van der Waals surface area (Å²) in [6.45, 7) is 0. The van der Waals surface area contributed by atoms with Crippen LogP contribution in [0.4, 0.5) is 0 Å². The molecular formula is C32H56N8. The van der Waals surface area contributed by atoms with Crippen LogP contribution in [0.15, 0.2) is 0 Å². The van der Waals surface area contributed by atoms with E-state index in [0.717, 1.165) is 47.3 Å². The van der Waals surface area contributed by atoms with Crippen LogP contribution in [0.5, 0.6) is 0 Å². The second-order valence-corrected chi connectivity index (χ2v) is 15.6. The van der Waals surface area contributed by atoms with Crippen molar-refractivity contribution in [1.82, 2.24) is 42.5 Å². The Labute approximate surface area is 241 Å². The molecule has 8 heteroatoms. The largest absolute Gasteiger partial charge is 0.286 e. The lowest BCUT2D eigenvalue weighted by atomic mass is 9.76. The predicted molar refractivity (Wildman–Crippen MR) is 157 cm³/mol. The fraction of sp³-hybridized carbons (Fsp3) is 1.00. The molecule has 5 heterocycles. The van der Waals surface area contributed by atoms with Crippen molar-refractivity contribution in [2.75, 3.05) is 0 Å². The summed E-state index contributed by atoms with van der Waals surface area (Å²) in [6.07, 6.45) is 25.6. The standard InChI is InChI=1S/C32H56N8/c1-2-10-18-17(9-1)25-33-26(18)38-28-21-13-5-6-14-22(21)30(35-28)40-32-24-16-8-7-15-23(24)31(36-32)39-29-20-12-4-3-11-19(20)27(34-29)37-25/h17-40H,1-16H2. The summed E-state index contributed by atoms with van der Waals surface area (Å²) < 4.78 is 0. The van der Waals surface area contributed by atoms with Crippen LogP contribution in [-0.4, -0.2) is 49.3 Å². The molecule has 9 rings (SSSR count). The van der Waals surface area contributed by atoms with E-state index < -0.39 is 0 Å². The van der Waals surface area contributed by atoms with Gasteiger partial charge in [0.1, 0.15) is 0 Å². The maximum absolute atomic E-state index is 4.26. The van der Waals surface area contributed by atoms with Gasteiger partial charge in [0.25, 0.3) is 0 Å². The van der Waals surface area contributed by atoms with Gasteiger partial charge in [-0.25, -0.2) is 0 Å². The molecule has 0 aromatic heterocycles. The predicted octanol–water partition coefficient (Wildman–Crippen LogP) is 2.61. The van der Waals surface area contributed by atoms with Crippen molar-refractivity contribution in [3.8, 4) is 0 Å². The minimum atomic E-state index is 0.420. The molecule has 5 saturated heterocycles. The van der Waals surface area contributed by atoms with Crippen molar-refractivity contribution >= 4 is 0 Å². The van der Waals surface area contributed by atoms with Gasteiger partial charge in [-0.2, -0.15) is 0 Å². The van der Waals surface area contributed by atoms with Crippen molar-refractivity contribution in [1.29, 1.82) is 0 Å². The Bertz CT molecular complexity index is 709. The molecule has 8 atom stereocenters. The first-order valence-electron chi connectivity index (χ1n) is 17.9. The fourth-order valence-corrected chi connectivity index (χ4v) is 12.0. The maximum atomic E-state index is 4.26. The van der Waals surface area contributed by atoms with Crippen molar-refractivity contribution in [3.05, 3.63) is 0 Å². The molecule has 8 unspecified atom stereocenters. The second-order valence-electron chi connectivity index (χ2n) is 15.6. The van der Waals surface area contributed by atoms with Crippen molar-refractivity contribution in [2.45, 2.75) is 152 Å². The first kappa shape index (κ1) is 26.1. The molecular weight excluding hydrogens is 496 g/mol. The highest BCUT2D eigenvalue weighted by Crippen LogP contribution is 2.45. The quantitative estimate of drug-likeness (QED) is 0.233. The normalized spacial score (nSPS) is 57.6. The van der Waals surface area contributed by atoms with Crippen LogP contribution in [-0.2, 0) is 0 Å². The smallest absolute Gasteiger partial charge is 0.0628 e. The van der Waals surface area contributed by atoms with Gasteiger partial charge in [0.2, 0.25) is 0 Å². The van der Waals surface area contributed by atoms with Gasteiger partial charge in [0, 0.05) is 0 Å². The van der Waals surface area contributed by atoms with Gasteiger partial charge < -0.3 is 0 Å². The van der Waals surface area contributed by atoms with E-state index in [1.807, 2.05) is 0 Å². The molecule has 9 fully saturated rings. The van der Waals surface area contributed by atoms with Crippen LogP contribution in [0.25, 0.3) is 0 Å². The molecule has 40 heavy (non-hydrogen) atoms. The average molecular weight is 553 g/mol. The molecule has 224 valence electrons. The third kappa shape index (κ3) is 4.37. The van der Waals surface area contributed by atoms with Gasteiger partial charge in [-0.05, 0) is 98.7 Å². The minimum absolute atomic E-state index is 0.420. The van der Waals surface area contributed by atoms with Gasteiger partial charge >= 0.3 is 0 Å². The molecule has 8 nitrogen and oxygen atoms in total. The summed E-state index contributed by atoms with van der Waals surface area (Å²) in [6, 6.07) is 0. The van der Waals surface area contributed by atoms with Gasteiger partial charge in [-0.1, -0.05) is 51.4 Å². The Hall–Kier alpha value is -0.320. The van der Waals surface area contributed by atoms with Crippen LogP contribution in [0.2, 0.25) is 0 Å². The summed E-state index contributed by atoms with van der Waals surface area (Å²) in [5, 5.41) is 33.8. The third-order valence-corrected chi connectivity index (χ3v) is 13.8. The Kier molecular flexibility index (Phi) is 6.98. The van der Waals surface area contributed by atoms with Crippen molar-refractivity contribution in [3.63, 3.8) is 0 Å². The number of fused-ring (bicyclic) bond motifs is 20. The molecule has 0 aromatic carbocycles. The van der Waals surface area contributed by atoms with E-state index in [0.29, 0.717) is 49.3 Å². The van der Waals surface area contributed by atoms with E-state index in [4.69, 9.17) is 0 Å². The Morgan fingerprint density at radius 2 is 0.325 bits per heavy atom. The number of hydrogen-bond donors (Lipinski definition) is 8. The molecule has 9 aliphatic rings. The zero-order valence-electron chi connectivity index (χ0n) is 24.6. The SMILES string of the molecule is C1CCC2C3NC(NC4NC(NC5NC(NC6NC(N3)C3CCCCC63)C3CCCCC53)C3CCCCC43)C2C1. The zero-order chi connectivity index (χ0) is 26.2. The summed E-state index contributed by atoms with van der Waals surface area (Å²) in [5.74, 6) is 5.97. The fourth-order valence-electron chi connectivity index (χ4n) is 12.0. The van der Waals surface area contributed by atoms with Crippen LogP contribution in [0.3, 0.4) is 0 Å². The van der Waals surface area contributed by atoms with E-state index in [1.54, 1.807) is 0 Å². The minimum Gasteiger partial charge on any atom is -0.286 e. The topological polar surface area (TPSA) is 96.2 Å². The Morgan fingerprint density at radius 3 is 0.450 bits per heavy atom. The molecule has 5 aliphatic heterocycles. The molecule has 0 amide bonds. The summed E-state index contributed by atoms with van der Waals surface area (Å²) in [7, 11) is 0. The van der Waals surface area contributed by atoms with E-state index in [2.05, 4.69) is 42.5 Å². The first-order chi connectivity index (χ1) is 19.8. The van der Waals surface area contributed by atoms with E-state index in [9.17, 15) is 0 Å². The summed E-state index contributed by atoms with van der Waals surface area (Å²) >= 11 is 0. The highest BCUT2D eigenvalue weighted by Gasteiger charge is 2.54. The van der Waals surface area contributed by atoms with Crippen LogP contribution in [0, 0.1) is 47.3 Å². The van der Waals surface area contributed by atoms with Gasteiger partial charge in [0.05, 0.1) is 49.3 Å². The van der Waals surface area contributed by atoms with Crippen LogP contribution in [0.1, 0.15) is 103 Å². The summed E-state index contributed by atoms with van der Waals surface area (Å²) in [5.41, 5.74) is 0. The van der Waals surface area contributed by atoms with E-state index >= 15 is 0 Å². The lowest BCUT2D eigenvalue weighted by Gasteiger charge is -2.35. The molecule has 0 aromatic rings. The maximum Gasteiger partial charge on any atom is 0.0628 e. The molecule has 8 bridgehead atoms. The van der Waals surface area contributed by atoms with Crippen molar-refractivity contribution in [2.24, 2.45) is 47.3 Å². The number of hydrogen-bond acceptors (Lipinski definition) is 8. The van der Waals surface area contributed by atoms with E-state index in [-0.39, 0.29) is 0 Å². The van der Waals surface area contributed by atoms with Gasteiger partial charge in [-0.15, -0.1) is 0 Å². The number of rotatable bonds is 0. The average Bonchev–Trinajstić information content (AvgIpc) is 3.73. The first-order valence-corrected chi connectivity index (χ1v) is 17.9. The lowest BCUT2D eigenvalue weighted by Crippen LogP contribution is -2.61. The monoisotopic (exact) mass is 552 g/mol. The van der Waals surface area contributed by atoms with Gasteiger partial charge in [0.15, 0.2) is 0 Å². The summed E-state index contributed by atoms with van der Waals surface area (Å²) in [4.78, 5) is 0.